The van der Waals surface area contributed by atoms with Crippen molar-refractivity contribution in [3.8, 4) is 0 Å². The van der Waals surface area contributed by atoms with Crippen molar-refractivity contribution in [1.82, 2.24) is 0 Å². The zero-order valence-corrected chi connectivity index (χ0v) is 5.72. The lowest BCUT2D eigenvalue weighted by Gasteiger charge is -1.89. The second-order valence-corrected chi connectivity index (χ2v) is 1.95. The molecule has 0 aromatic heterocycles. The van der Waals surface area contributed by atoms with Crippen LogP contribution in [0, 0.1) is 0 Å². The summed E-state index contributed by atoms with van der Waals surface area (Å²) in [5, 5.41) is 1.75. The molecule has 0 aromatic carbocycles. The van der Waals surface area contributed by atoms with Gasteiger partial charge < -0.3 is 0 Å². The zero-order chi connectivity index (χ0) is 5.70. The molecular formula is C6H11S. The Kier molecular flexibility index (Phi) is 4.10. The van der Waals surface area contributed by atoms with E-state index in [-0.39, 0.29) is 0 Å². The summed E-state index contributed by atoms with van der Waals surface area (Å²) in [4.78, 5) is 0. The van der Waals surface area contributed by atoms with Crippen LogP contribution in [0.2, 0.25) is 0 Å². The van der Waals surface area contributed by atoms with E-state index in [1.54, 1.807) is 5.41 Å². The SMILES string of the molecule is CCCC(C)=C[S]. The Labute approximate surface area is 51.0 Å². The molecule has 0 fully saturated rings. The van der Waals surface area contributed by atoms with Crippen molar-refractivity contribution >= 4 is 12.6 Å². The Balaban J connectivity index is 3.17. The van der Waals surface area contributed by atoms with Gasteiger partial charge in [0.1, 0.15) is 0 Å². The monoisotopic (exact) mass is 115 g/mol. The quantitative estimate of drug-likeness (QED) is 0.519. The van der Waals surface area contributed by atoms with Gasteiger partial charge in [0.2, 0.25) is 0 Å². The molecular weight excluding hydrogens is 104 g/mol. The molecule has 0 saturated carbocycles. The maximum atomic E-state index is 4.68. The van der Waals surface area contributed by atoms with E-state index < -0.39 is 0 Å². The van der Waals surface area contributed by atoms with Gasteiger partial charge in [0.05, 0.1) is 0 Å². The van der Waals surface area contributed by atoms with Crippen molar-refractivity contribution in [2.45, 2.75) is 26.7 Å². The highest BCUT2D eigenvalue weighted by atomic mass is 32.1. The third-order valence-electron chi connectivity index (χ3n) is 0.846. The minimum absolute atomic E-state index is 1.16. The first-order chi connectivity index (χ1) is 3.31. The first-order valence-electron chi connectivity index (χ1n) is 2.59. The summed E-state index contributed by atoms with van der Waals surface area (Å²) >= 11 is 4.68. The van der Waals surface area contributed by atoms with Crippen molar-refractivity contribution in [2.24, 2.45) is 0 Å². The third-order valence-corrected chi connectivity index (χ3v) is 1.25. The molecule has 0 saturated heterocycles. The van der Waals surface area contributed by atoms with Gasteiger partial charge in [-0.25, -0.2) is 0 Å². The molecule has 0 aliphatic rings. The summed E-state index contributed by atoms with van der Waals surface area (Å²) in [6.45, 7) is 4.22. The highest BCUT2D eigenvalue weighted by Crippen LogP contribution is 2.02. The maximum Gasteiger partial charge on any atom is 0.000271 e. The van der Waals surface area contributed by atoms with Gasteiger partial charge in [-0.3, -0.25) is 0 Å². The molecule has 0 nitrogen and oxygen atoms in total. The van der Waals surface area contributed by atoms with Crippen molar-refractivity contribution < 1.29 is 0 Å². The van der Waals surface area contributed by atoms with Crippen molar-refractivity contribution in [3.63, 3.8) is 0 Å². The predicted molar refractivity (Wildman–Crippen MR) is 36.3 cm³/mol. The van der Waals surface area contributed by atoms with Crippen LogP contribution in [-0.4, -0.2) is 0 Å². The Morgan fingerprint density at radius 2 is 2.29 bits per heavy atom. The predicted octanol–water partition coefficient (Wildman–Crippen LogP) is 2.89. The number of rotatable bonds is 2. The minimum Gasteiger partial charge on any atom is -0.0888 e. The van der Waals surface area contributed by atoms with Crippen LogP contribution in [0.1, 0.15) is 26.7 Å². The van der Waals surface area contributed by atoms with Crippen LogP contribution in [0.15, 0.2) is 11.0 Å². The average molecular weight is 115 g/mol. The van der Waals surface area contributed by atoms with E-state index in [9.17, 15) is 0 Å². The maximum absolute atomic E-state index is 4.68. The largest absolute Gasteiger partial charge is 0.0888 e. The normalized spacial score (nSPS) is 12.0. The van der Waals surface area contributed by atoms with Crippen LogP contribution in [0.5, 0.6) is 0 Å². The molecule has 41 valence electrons. The van der Waals surface area contributed by atoms with E-state index in [0.717, 1.165) is 6.42 Å². The van der Waals surface area contributed by atoms with E-state index in [1.165, 1.54) is 12.0 Å². The lowest BCUT2D eigenvalue weighted by Crippen LogP contribution is -1.69. The fraction of sp³-hybridized carbons (Fsp3) is 0.667. The highest BCUT2D eigenvalue weighted by Gasteiger charge is 1.81. The summed E-state index contributed by atoms with van der Waals surface area (Å²) in [5.41, 5.74) is 1.32. The number of hydrogen-bond acceptors (Lipinski definition) is 0. The van der Waals surface area contributed by atoms with Crippen LogP contribution in [-0.2, 0) is 0 Å². The van der Waals surface area contributed by atoms with Gasteiger partial charge in [0.25, 0.3) is 0 Å². The molecule has 1 radical (unpaired) electrons. The zero-order valence-electron chi connectivity index (χ0n) is 4.90. The summed E-state index contributed by atoms with van der Waals surface area (Å²) in [5.74, 6) is 0. The fourth-order valence-electron chi connectivity index (χ4n) is 0.453. The highest BCUT2D eigenvalue weighted by molar-refractivity contribution is 7.83. The molecule has 0 aliphatic heterocycles. The van der Waals surface area contributed by atoms with Crippen LogP contribution >= 0.6 is 12.6 Å². The Morgan fingerprint density at radius 1 is 1.71 bits per heavy atom. The van der Waals surface area contributed by atoms with Crippen LogP contribution in [0.3, 0.4) is 0 Å². The molecule has 0 N–H and O–H groups in total. The Morgan fingerprint density at radius 3 is 2.43 bits per heavy atom. The summed E-state index contributed by atoms with van der Waals surface area (Å²) in [6, 6.07) is 0. The van der Waals surface area contributed by atoms with Crippen molar-refractivity contribution in [1.29, 1.82) is 0 Å². The minimum atomic E-state index is 1.16. The molecule has 1 heteroatoms. The topological polar surface area (TPSA) is 0 Å². The average Bonchev–Trinajstić information content (AvgIpc) is 1.68. The number of allylic oxidation sites excluding steroid dienone is 1. The smallest absolute Gasteiger partial charge is 0.000271 e. The standard InChI is InChI=1S/C6H11S/c1-3-4-6(2)5-7/h5H,3-4H2,1-2H3. The second-order valence-electron chi connectivity index (χ2n) is 1.71. The molecule has 0 unspecified atom stereocenters. The van der Waals surface area contributed by atoms with Gasteiger partial charge in [0.15, 0.2) is 0 Å². The van der Waals surface area contributed by atoms with E-state index in [1.807, 2.05) is 0 Å². The Hall–Kier alpha value is -0.0400. The second kappa shape index (κ2) is 4.13. The molecule has 0 aromatic rings. The first kappa shape index (κ1) is 6.96. The van der Waals surface area contributed by atoms with Crippen molar-refractivity contribution in [3.05, 3.63) is 11.0 Å². The van der Waals surface area contributed by atoms with E-state index in [4.69, 9.17) is 0 Å². The van der Waals surface area contributed by atoms with Gasteiger partial charge in [-0.1, -0.05) is 31.5 Å². The molecule has 0 atom stereocenters. The molecule has 0 heterocycles. The first-order valence-corrected chi connectivity index (χ1v) is 3.06. The van der Waals surface area contributed by atoms with E-state index in [0.29, 0.717) is 0 Å². The molecule has 0 spiro atoms. The fourth-order valence-corrected chi connectivity index (χ4v) is 0.571. The Bertz CT molecular complexity index is 64.6. The summed E-state index contributed by atoms with van der Waals surface area (Å²) in [6.07, 6.45) is 2.36. The molecule has 0 amide bonds. The third kappa shape index (κ3) is 3.80. The number of hydrogen-bond donors (Lipinski definition) is 0. The van der Waals surface area contributed by atoms with Gasteiger partial charge in [0, 0.05) is 5.41 Å². The molecule has 0 bridgehead atoms. The van der Waals surface area contributed by atoms with Crippen molar-refractivity contribution in [2.75, 3.05) is 0 Å². The van der Waals surface area contributed by atoms with Gasteiger partial charge in [-0.15, -0.1) is 0 Å². The van der Waals surface area contributed by atoms with Gasteiger partial charge in [-0.05, 0) is 13.3 Å². The van der Waals surface area contributed by atoms with Gasteiger partial charge in [-0.2, -0.15) is 0 Å². The van der Waals surface area contributed by atoms with E-state index >= 15 is 0 Å². The van der Waals surface area contributed by atoms with Crippen LogP contribution in [0.25, 0.3) is 0 Å². The summed E-state index contributed by atoms with van der Waals surface area (Å²) < 4.78 is 0. The van der Waals surface area contributed by atoms with Gasteiger partial charge >= 0.3 is 0 Å². The molecule has 7 heavy (non-hydrogen) atoms. The van der Waals surface area contributed by atoms with Crippen LogP contribution in [0.4, 0.5) is 0 Å². The van der Waals surface area contributed by atoms with E-state index in [2.05, 4.69) is 26.5 Å². The lowest BCUT2D eigenvalue weighted by atomic mass is 10.2. The lowest BCUT2D eigenvalue weighted by molar-refractivity contribution is 0.908. The molecule has 0 rings (SSSR count). The summed E-state index contributed by atoms with van der Waals surface area (Å²) in [7, 11) is 0. The molecule has 0 aliphatic carbocycles. The van der Waals surface area contributed by atoms with Crippen LogP contribution < -0.4 is 0 Å².